The summed E-state index contributed by atoms with van der Waals surface area (Å²) in [5.74, 6) is -2.11. The van der Waals surface area contributed by atoms with Crippen molar-refractivity contribution in [3.63, 3.8) is 0 Å². The zero-order valence-corrected chi connectivity index (χ0v) is 32.2. The van der Waals surface area contributed by atoms with Gasteiger partial charge in [0.15, 0.2) is 0 Å². The van der Waals surface area contributed by atoms with Crippen LogP contribution in [0.4, 0.5) is 34.1 Å². The maximum absolute atomic E-state index is 12.5. The van der Waals surface area contributed by atoms with Crippen LogP contribution in [0.5, 0.6) is 23.0 Å². The van der Waals surface area contributed by atoms with Crippen molar-refractivity contribution in [1.82, 2.24) is 0 Å². The minimum atomic E-state index is -0.822. The summed E-state index contributed by atoms with van der Waals surface area (Å²) in [6, 6.07) is 26.5. The minimum absolute atomic E-state index is 0. The van der Waals surface area contributed by atoms with E-state index in [0.717, 1.165) is 22.9 Å². The van der Waals surface area contributed by atoms with Crippen molar-refractivity contribution in [3.05, 3.63) is 129 Å². The smallest absolute Gasteiger partial charge is 0.871 e. The van der Waals surface area contributed by atoms with Crippen molar-refractivity contribution in [2.24, 2.45) is 20.5 Å². The van der Waals surface area contributed by atoms with Gasteiger partial charge in [-0.1, -0.05) is 111 Å². The Kier molecular flexibility index (Phi) is 14.2. The second-order valence-electron chi connectivity index (χ2n) is 11.9. The molecule has 0 aromatic heterocycles. The number of azo groups is 2. The molecular weight excluding hydrogens is 731 g/mol. The minimum Gasteiger partial charge on any atom is -0.871 e. The van der Waals surface area contributed by atoms with E-state index in [9.17, 15) is 40.7 Å². The van der Waals surface area contributed by atoms with E-state index >= 15 is 0 Å². The molecule has 0 bridgehead atoms. The topological polar surface area (TPSA) is 228 Å². The second kappa shape index (κ2) is 17.9. The van der Waals surface area contributed by atoms with E-state index in [1.54, 1.807) is 36.4 Å². The van der Waals surface area contributed by atoms with Gasteiger partial charge in [-0.05, 0) is 40.3 Å². The molecule has 0 fully saturated rings. The molecule has 0 heterocycles. The summed E-state index contributed by atoms with van der Waals surface area (Å²) in [5.41, 5.74) is -0.624. The van der Waals surface area contributed by atoms with Crippen LogP contribution < -0.4 is 50.0 Å². The third-order valence-corrected chi connectivity index (χ3v) is 8.31. The van der Waals surface area contributed by atoms with Crippen molar-refractivity contribution >= 4 is 55.7 Å². The number of hydrogen-bond acceptors (Lipinski definition) is 12. The van der Waals surface area contributed by atoms with Gasteiger partial charge >= 0.3 is 46.9 Å². The first-order chi connectivity index (χ1) is 24.3. The Hall–Kier alpha value is -5.43. The van der Waals surface area contributed by atoms with Crippen LogP contribution in [-0.2, 0) is 22.8 Å². The van der Waals surface area contributed by atoms with Crippen LogP contribution in [0.1, 0.15) is 32.8 Å². The molecule has 14 nitrogen and oxygen atoms in total. The fourth-order valence-corrected chi connectivity index (χ4v) is 4.99. The first-order valence-corrected chi connectivity index (χ1v) is 15.5. The van der Waals surface area contributed by atoms with Gasteiger partial charge in [0.2, 0.25) is 0 Å². The van der Waals surface area contributed by atoms with Crippen LogP contribution in [0.2, 0.25) is 0 Å². The molecular formula is C37H28CrN6NaO8. The number of nitro benzene ring substituents is 2. The van der Waals surface area contributed by atoms with Gasteiger partial charge in [-0.3, -0.25) is 20.2 Å². The van der Waals surface area contributed by atoms with E-state index < -0.39 is 27.0 Å². The average Bonchev–Trinajstić information content (AvgIpc) is 3.11. The van der Waals surface area contributed by atoms with E-state index in [1.807, 2.05) is 45.0 Å². The Morgan fingerprint density at radius 3 is 1.58 bits per heavy atom. The number of nitrogens with zero attached hydrogens (tertiary/aromatic N) is 6. The van der Waals surface area contributed by atoms with E-state index in [4.69, 9.17) is 0 Å². The van der Waals surface area contributed by atoms with Gasteiger partial charge in [0.1, 0.15) is 0 Å². The number of hydrogen-bond donors (Lipinski definition) is 0. The predicted molar refractivity (Wildman–Crippen MR) is 184 cm³/mol. The van der Waals surface area contributed by atoms with E-state index in [-0.39, 0.29) is 92.3 Å². The first kappa shape index (κ1) is 42.0. The average molecular weight is 760 g/mol. The standard InChI is InChI=1S/C21H21N3O4.C16H11N3O4.Cr.Na/c1-4-21(2,3)14-11-16(20(26)17(12-14)24(27)28)22-23-19-15-8-6-5-7-13(15)9-10-18(19)25;20-14-8-5-10-3-1-2-4-12(10)16(14)18-17-13-7-6-11(19(22)23)9-15(13)21;;/h5-12,25-26H,4H2,1-3H3;1-9,20-21H;;/q;;+3;+1/p-4. The SMILES string of the molecule is CCC(C)(C)c1cc(N=Nc2c([O-])ccc3ccccc23)c([O-])c([N+](=O)[O-])c1.O=[N+]([O-])c1ccc(N=Nc2c([O-])ccc3ccccc23)c([O-])c1.[Cr+3].[Na+]. The van der Waals surface area contributed by atoms with Gasteiger partial charge < -0.3 is 20.4 Å². The third-order valence-electron chi connectivity index (χ3n) is 8.31. The molecule has 0 atom stereocenters. The summed E-state index contributed by atoms with van der Waals surface area (Å²) in [5, 5.41) is 88.9. The molecule has 0 aliphatic rings. The molecule has 6 aromatic carbocycles. The molecule has 0 N–H and O–H groups in total. The molecule has 0 unspecified atom stereocenters. The maximum Gasteiger partial charge on any atom is 3.00 e. The summed E-state index contributed by atoms with van der Waals surface area (Å²) in [6.07, 6.45) is 0.715. The van der Waals surface area contributed by atoms with Gasteiger partial charge in [-0.25, -0.2) is 0 Å². The second-order valence-corrected chi connectivity index (χ2v) is 11.9. The molecule has 0 spiro atoms. The molecule has 6 rings (SSSR count). The van der Waals surface area contributed by atoms with Gasteiger partial charge in [-0.15, -0.1) is 0 Å². The zero-order chi connectivity index (χ0) is 36.9. The summed E-state index contributed by atoms with van der Waals surface area (Å²) in [6.45, 7) is 5.81. The molecule has 1 radical (unpaired) electrons. The number of rotatable bonds is 8. The summed E-state index contributed by atoms with van der Waals surface area (Å²) >= 11 is 0. The Labute approximate surface area is 335 Å². The van der Waals surface area contributed by atoms with Gasteiger partial charge in [0.05, 0.1) is 32.6 Å². The summed E-state index contributed by atoms with van der Waals surface area (Å²) < 4.78 is 0. The van der Waals surface area contributed by atoms with Crippen molar-refractivity contribution in [2.75, 3.05) is 0 Å². The van der Waals surface area contributed by atoms with Crippen molar-refractivity contribution in [2.45, 2.75) is 32.6 Å². The Balaban J connectivity index is 0.000000280. The summed E-state index contributed by atoms with van der Waals surface area (Å²) in [7, 11) is 0. The predicted octanol–water partition coefficient (Wildman–Crippen LogP) is 5.31. The van der Waals surface area contributed by atoms with E-state index in [0.29, 0.717) is 22.8 Å². The van der Waals surface area contributed by atoms with Crippen LogP contribution in [0, 0.1) is 20.2 Å². The Bertz CT molecular complexity index is 2370. The number of fused-ring (bicyclic) bond motifs is 2. The fourth-order valence-electron chi connectivity index (χ4n) is 4.99. The molecule has 261 valence electrons. The molecule has 6 aromatic rings. The van der Waals surface area contributed by atoms with Crippen LogP contribution in [0.15, 0.2) is 124 Å². The Morgan fingerprint density at radius 1 is 0.604 bits per heavy atom. The van der Waals surface area contributed by atoms with E-state index in [2.05, 4.69) is 20.5 Å². The molecule has 16 heteroatoms. The van der Waals surface area contributed by atoms with Crippen LogP contribution >= 0.6 is 0 Å². The van der Waals surface area contributed by atoms with Crippen molar-refractivity contribution < 1.29 is 77.2 Å². The van der Waals surface area contributed by atoms with Crippen molar-refractivity contribution in [3.8, 4) is 23.0 Å². The maximum atomic E-state index is 12.5. The monoisotopic (exact) mass is 759 g/mol. The summed E-state index contributed by atoms with van der Waals surface area (Å²) in [4.78, 5) is 20.6. The molecule has 0 aliphatic heterocycles. The number of benzene rings is 6. The van der Waals surface area contributed by atoms with Crippen LogP contribution in [0.3, 0.4) is 0 Å². The molecule has 0 aliphatic carbocycles. The van der Waals surface area contributed by atoms with Gasteiger partial charge in [0, 0.05) is 34.7 Å². The van der Waals surface area contributed by atoms with Crippen molar-refractivity contribution in [1.29, 1.82) is 0 Å². The molecule has 53 heavy (non-hydrogen) atoms. The quantitative estimate of drug-likeness (QED) is 0.0853. The zero-order valence-electron chi connectivity index (χ0n) is 28.9. The van der Waals surface area contributed by atoms with E-state index in [1.165, 1.54) is 30.3 Å². The first-order valence-electron chi connectivity index (χ1n) is 15.5. The van der Waals surface area contributed by atoms with Gasteiger partial charge in [-0.2, -0.15) is 20.5 Å². The van der Waals surface area contributed by atoms with Crippen LogP contribution in [-0.4, -0.2) is 9.85 Å². The normalized spacial score (nSPS) is 11.2. The fraction of sp³-hybridized carbons (Fsp3) is 0.135. The number of non-ortho nitro benzene ring substituents is 1. The molecule has 0 saturated heterocycles. The number of nitro groups is 2. The molecule has 0 saturated carbocycles. The van der Waals surface area contributed by atoms with Gasteiger partial charge in [0.25, 0.3) is 11.4 Å². The third kappa shape index (κ3) is 9.52. The van der Waals surface area contributed by atoms with Crippen LogP contribution in [0.25, 0.3) is 21.5 Å². The Morgan fingerprint density at radius 2 is 1.11 bits per heavy atom. The largest absolute Gasteiger partial charge is 3.00 e. The molecule has 0 amide bonds.